The standard InChI is InChI=1S/C15H13N3O5.3C15H15N3O3.C9H6N2O4.C7H6N2O4.C6H9NO2.C4H6O3.CH4NP.CH2O2.4CH4.H2O/c1-8-16-10-3-2-4-12(18(22)23)14(10)15(21)17(8)11-6-5-9(19)7-13(11)20;3*1-8-17-11-4-2-3-10(16)14(11)15(21)18(8)12-6-5-9(19)7-13(12)20;1-5-10-6-3-2-4-7(11(13)14)8(6)9(12)15-5;8-4-2-1-3-5(9(12)13)6(4)7(10)11;7-5-2-1-4(8)3-6(5)9;1-3(5)7-4(2)6;1-2-3;2-1-3;;;;;/h2-4,11H,5-7H2,1H3;3*2-4,12H,5-7,16H2,1H3;2-4H,1H3;1-3H,8H2,(H,10,11);5H,1-3,7H2;1-2H3;3H,1H3;1H,(H,2,3);4*1H4;1H2/i5*1D3;;;1D3;;;;;;;/hD4. The third-order valence-electron chi connectivity index (χ3n) is 20.0. The second-order valence-corrected chi connectivity index (χ2v) is 29.4. The van der Waals surface area contributed by atoms with Crippen LogP contribution in [-0.2, 0) is 67.1 Å². The number of ether oxygens (including phenoxy) is 1. The van der Waals surface area contributed by atoms with Crippen molar-refractivity contribution in [3.63, 3.8) is 0 Å². The smallest absolute Gasteiger partial charge is 0.353 e. The Morgan fingerprint density at radius 2 is 0.745 bits per heavy atom. The molecular formula is C92H109N18O30P. The molecule has 141 heavy (non-hydrogen) atoms. The first kappa shape index (κ1) is 87.0. The molecule has 5 unspecified atom stereocenters. The first-order valence-electron chi connectivity index (χ1n) is 50.1. The highest BCUT2D eigenvalue weighted by molar-refractivity contribution is 7.03. The van der Waals surface area contributed by atoms with E-state index in [1.807, 2.05) is 0 Å². The number of rotatable bonds is 10. The average Bonchev–Trinajstić information content (AvgIpc) is 0.747. The highest BCUT2D eigenvalue weighted by atomic mass is 31.0. The summed E-state index contributed by atoms with van der Waals surface area (Å²) >= 11 is 0. The fraction of sp³-hybridized carbons (Fsp3) is 0.348. The Bertz CT molecular complexity index is 7770. The quantitative estimate of drug-likeness (QED) is 0.0127. The van der Waals surface area contributed by atoms with Crippen molar-refractivity contribution >= 4 is 186 Å². The molecule has 0 bridgehead atoms. The number of non-ortho nitro benzene ring substituents is 2. The Kier molecular flexibility index (Phi) is 33.5. The van der Waals surface area contributed by atoms with E-state index in [1.165, 1.54) is 84.9 Å². The van der Waals surface area contributed by atoms with Crippen LogP contribution in [0.4, 0.5) is 39.8 Å². The highest BCUT2D eigenvalue weighted by Gasteiger charge is 2.37. The summed E-state index contributed by atoms with van der Waals surface area (Å²) in [5, 5.41) is 47.0. The summed E-state index contributed by atoms with van der Waals surface area (Å²) in [6.45, 7) is -15.8. The second kappa shape index (κ2) is 54.2. The molecule has 5 aliphatic rings. The summed E-state index contributed by atoms with van der Waals surface area (Å²) in [7, 11) is 4.47. The number of anilines is 4. The number of aromatic carboxylic acids is 1. The number of Topliss-reactive ketones (excluding diaryl/α,β-unsaturated/α-hetero) is 10. The maximum Gasteiger partial charge on any atom is 0.353 e. The van der Waals surface area contributed by atoms with Crippen LogP contribution in [0.3, 0.4) is 0 Å². The number of carboxylic acids is 1. The fourth-order valence-corrected chi connectivity index (χ4v) is 14.0. The number of aromatic nitrogens is 9. The van der Waals surface area contributed by atoms with Gasteiger partial charge in [0.1, 0.15) is 57.6 Å². The van der Waals surface area contributed by atoms with Gasteiger partial charge in [-0.1, -0.05) is 66.1 Å². The second-order valence-electron chi connectivity index (χ2n) is 29.0. The molecule has 14 N–H and O–H groups in total. The molecule has 49 heteroatoms. The number of benzene rings is 6. The molecule has 5 aromatic heterocycles. The molecule has 5 aliphatic carbocycles. The van der Waals surface area contributed by atoms with Crippen molar-refractivity contribution in [3.8, 4) is 0 Å². The monoisotopic (exact) mass is 2000 g/mol. The van der Waals surface area contributed by atoms with Crippen molar-refractivity contribution in [3.05, 3.63) is 226 Å². The number of hydrogen-bond acceptors (Lipinski definition) is 38. The predicted molar refractivity (Wildman–Crippen MR) is 521 cm³/mol. The maximum atomic E-state index is 13.1. The number of nitrogens with two attached hydrogens (primary N) is 5. The minimum atomic E-state index is -2.84. The molecule has 752 valence electrons. The lowest BCUT2D eigenvalue weighted by atomic mass is 9.92. The van der Waals surface area contributed by atoms with Crippen LogP contribution in [-0.4, -0.2) is 169 Å². The lowest BCUT2D eigenvalue weighted by molar-refractivity contribution is -0.385. The highest BCUT2D eigenvalue weighted by Crippen LogP contribution is 2.32. The van der Waals surface area contributed by atoms with Gasteiger partial charge in [0, 0.05) is 120 Å². The van der Waals surface area contributed by atoms with E-state index >= 15 is 0 Å². The van der Waals surface area contributed by atoms with Crippen LogP contribution in [0.15, 0.2) is 142 Å². The zero-order chi connectivity index (χ0) is 119. The van der Waals surface area contributed by atoms with Gasteiger partial charge < -0.3 is 53.5 Å². The molecule has 16 rings (SSSR count). The average molecular weight is 2000 g/mol. The topological polar surface area (TPSA) is 775 Å². The first-order chi connectivity index (χ1) is 73.2. The van der Waals surface area contributed by atoms with Gasteiger partial charge in [0.25, 0.3) is 45.8 Å². The molecular weight excluding hydrogens is 1870 g/mol. The molecule has 11 aromatic rings. The Hall–Kier alpha value is -16.8. The van der Waals surface area contributed by atoms with Crippen LogP contribution in [0, 0.1) is 64.6 Å². The zero-order valence-corrected chi connectivity index (χ0v) is 72.3. The van der Waals surface area contributed by atoms with E-state index in [4.69, 9.17) is 62.5 Å². The van der Waals surface area contributed by atoms with Gasteiger partial charge in [0.2, 0.25) is 0 Å². The summed E-state index contributed by atoms with van der Waals surface area (Å²) in [6, 6.07) is 19.4. The molecule has 0 radical (unpaired) electrons. The third-order valence-corrected chi connectivity index (χ3v) is 20.0. The number of hydrogen-bond donors (Lipinski definition) is 7. The summed E-state index contributed by atoms with van der Waals surface area (Å²) in [4.78, 5) is 269. The van der Waals surface area contributed by atoms with E-state index in [2.05, 4.69) is 47.9 Å². The number of nitro benzene ring substituents is 3. The van der Waals surface area contributed by atoms with Crippen molar-refractivity contribution in [1.29, 1.82) is 0 Å². The molecule has 0 saturated heterocycles. The number of aryl methyl sites for hydroxylation is 5. The number of nitrogen functional groups attached to an aromatic ring is 4. The van der Waals surface area contributed by atoms with Gasteiger partial charge in [-0.25, -0.2) is 34.5 Å². The summed E-state index contributed by atoms with van der Waals surface area (Å²) < 4.78 is 177. The Morgan fingerprint density at radius 3 is 1.03 bits per heavy atom. The van der Waals surface area contributed by atoms with E-state index in [1.54, 1.807) is 13.1 Å². The minimum absolute atomic E-state index is 0. The van der Waals surface area contributed by atoms with E-state index in [0.29, 0.717) is 17.4 Å². The predicted octanol–water partition coefficient (Wildman–Crippen LogP) is 9.30. The van der Waals surface area contributed by atoms with E-state index < -0.39 is 207 Å². The van der Waals surface area contributed by atoms with Crippen LogP contribution in [0.25, 0.3) is 54.5 Å². The van der Waals surface area contributed by atoms with Crippen molar-refractivity contribution in [2.24, 2.45) is 10.5 Å². The Morgan fingerprint density at radius 1 is 0.461 bits per heavy atom. The Labute approximate surface area is 834 Å². The third kappa shape index (κ3) is 30.4. The van der Waals surface area contributed by atoms with Crippen molar-refractivity contribution < 1.29 is 137 Å². The van der Waals surface area contributed by atoms with Gasteiger partial charge >= 0.3 is 23.5 Å². The van der Waals surface area contributed by atoms with Gasteiger partial charge in [-0.2, -0.15) is 0 Å². The van der Waals surface area contributed by atoms with Gasteiger partial charge in [-0.3, -0.25) is 135 Å². The number of esters is 2. The maximum absolute atomic E-state index is 13.1. The molecule has 0 spiro atoms. The van der Waals surface area contributed by atoms with Crippen molar-refractivity contribution in [2.45, 2.75) is 204 Å². The number of fused-ring (bicyclic) bond motifs is 5. The molecule has 5 saturated carbocycles. The first-order valence-corrected chi connectivity index (χ1v) is 39.8. The van der Waals surface area contributed by atoms with Crippen LogP contribution in [0.5, 0.6) is 0 Å². The van der Waals surface area contributed by atoms with E-state index in [0.717, 1.165) is 38.8 Å². The zero-order valence-electron chi connectivity index (χ0n) is 93.3. The number of carbonyl (C=O) groups is 14. The van der Waals surface area contributed by atoms with Crippen LogP contribution >= 0.6 is 9.03 Å². The van der Waals surface area contributed by atoms with Crippen LogP contribution in [0.1, 0.15) is 228 Å². The lowest BCUT2D eigenvalue weighted by Crippen LogP contribution is -2.36. The normalized spacial score (nSPS) is 18.7. The van der Waals surface area contributed by atoms with Crippen molar-refractivity contribution in [1.82, 2.24) is 43.2 Å². The number of carbonyl (C=O) groups excluding carboxylic acids is 12. The summed E-state index contributed by atoms with van der Waals surface area (Å²) in [6.07, 6.45) is -0.0433. The summed E-state index contributed by atoms with van der Waals surface area (Å²) in [5.74, 6) is -9.96. The lowest BCUT2D eigenvalue weighted by Gasteiger charge is -2.24. The largest absolute Gasteiger partial charge is 0.483 e. The van der Waals surface area contributed by atoms with Gasteiger partial charge in [0.05, 0.1) is 127 Å². The Balaban J connectivity index is 0.000000634. The van der Waals surface area contributed by atoms with Gasteiger partial charge in [-0.05, 0) is 123 Å². The molecule has 0 aliphatic heterocycles. The summed E-state index contributed by atoms with van der Waals surface area (Å²) in [5.41, 5.74) is 10.5. The van der Waals surface area contributed by atoms with E-state index in [-0.39, 0.29) is 248 Å². The van der Waals surface area contributed by atoms with Crippen LogP contribution in [0.2, 0.25) is 5.65 Å². The number of nitro groups is 3. The SMILES string of the molecule is C.C.C.C.CN=P.NC1CCC(=O)CC1=O.Nc1cccc([N+](=O)[O-])c1C(=O)O.O.O=CO.[2H]C([2H])([2H])C(=O)OC(C)=O.[2H]C([2H])([2H])c1nc2cccc(N)c2c(=O)n1C1CCC(=O)CC1=O.[2H]C([2H])([2H])c1nc2cccc([N+](=O)[O-])c2c(=O)n1C1CCC(=O)CC1=O.[2H]C([2H])([2H])c1nc2cccc([N+](=O)[O-])c2c(=O)o1.[2H]N([2H])c1cccc2nc(C([2H])([2H])[2H])n(C3CCC(=O)CC3=O)c(=O)c12.[2H]N([2H])c1cccc2nc(C([2H])([2H])[2H])n(C3CCC(=O)CC3=O)c(=O)c12. The van der Waals surface area contributed by atoms with Gasteiger partial charge in [0.15, 0.2) is 51.4 Å². The van der Waals surface area contributed by atoms with Crippen LogP contribution < -0.4 is 56.5 Å². The van der Waals surface area contributed by atoms with Crippen molar-refractivity contribution in [2.75, 3.05) is 30.0 Å². The number of ketones is 10. The minimum Gasteiger partial charge on any atom is -0.483 e. The number of nitrogens with zero attached hydrogens (tertiary/aromatic N) is 13. The molecule has 0 amide bonds. The molecule has 6 aromatic carbocycles. The van der Waals surface area contributed by atoms with Gasteiger partial charge in [-0.15, -0.1) is 0 Å². The van der Waals surface area contributed by atoms with E-state index in [9.17, 15) is 117 Å². The molecule has 48 nitrogen and oxygen atoms in total. The number of carboxylic acid groups (broad SMARTS) is 2. The molecule has 5 fully saturated rings. The molecule has 5 heterocycles. The fourth-order valence-electron chi connectivity index (χ4n) is 14.0. The molecule has 5 atom stereocenters.